The lowest BCUT2D eigenvalue weighted by Gasteiger charge is -2.17. The number of aromatic nitrogens is 2. The standard InChI is InChI=1S/C15H14F3N3/c16-15(17,18)10-7-5-9(6-8-10)14-20-12-4-2-1-3-11(12)13(19)21-14/h5-8H,1-4H2,(H2,19,20,21). The van der Waals surface area contributed by atoms with Crippen LogP contribution in [0.4, 0.5) is 19.0 Å². The molecule has 0 radical (unpaired) electrons. The van der Waals surface area contributed by atoms with Gasteiger partial charge in [-0.1, -0.05) is 12.1 Å². The van der Waals surface area contributed by atoms with Gasteiger partial charge in [0.25, 0.3) is 0 Å². The Morgan fingerprint density at radius 3 is 2.29 bits per heavy atom. The molecule has 1 aromatic carbocycles. The maximum Gasteiger partial charge on any atom is 0.416 e. The van der Waals surface area contributed by atoms with Crippen molar-refractivity contribution >= 4 is 5.82 Å². The maximum absolute atomic E-state index is 12.6. The fraction of sp³-hybridized carbons (Fsp3) is 0.333. The van der Waals surface area contributed by atoms with Crippen molar-refractivity contribution in [2.75, 3.05) is 5.73 Å². The van der Waals surface area contributed by atoms with Crippen LogP contribution in [0.25, 0.3) is 11.4 Å². The minimum absolute atomic E-state index is 0.391. The number of nitrogens with two attached hydrogens (primary N) is 1. The molecule has 0 saturated carbocycles. The third kappa shape index (κ3) is 2.70. The molecule has 110 valence electrons. The molecule has 0 bridgehead atoms. The molecule has 3 rings (SSSR count). The maximum atomic E-state index is 12.6. The van der Waals surface area contributed by atoms with Gasteiger partial charge in [-0.25, -0.2) is 9.97 Å². The van der Waals surface area contributed by atoms with Gasteiger partial charge in [0.05, 0.1) is 5.56 Å². The summed E-state index contributed by atoms with van der Waals surface area (Å²) >= 11 is 0. The molecular formula is C15H14F3N3. The van der Waals surface area contributed by atoms with Crippen molar-refractivity contribution < 1.29 is 13.2 Å². The van der Waals surface area contributed by atoms with Crippen LogP contribution in [0.15, 0.2) is 24.3 Å². The number of nitrogen functional groups attached to an aromatic ring is 1. The second-order valence-corrected chi connectivity index (χ2v) is 5.14. The molecule has 1 aliphatic rings. The van der Waals surface area contributed by atoms with Crippen molar-refractivity contribution in [3.63, 3.8) is 0 Å². The SMILES string of the molecule is Nc1nc(-c2ccc(C(F)(F)F)cc2)nc2c1CCCC2. The van der Waals surface area contributed by atoms with E-state index in [9.17, 15) is 13.2 Å². The zero-order chi connectivity index (χ0) is 15.0. The Morgan fingerprint density at radius 1 is 0.952 bits per heavy atom. The summed E-state index contributed by atoms with van der Waals surface area (Å²) in [6.45, 7) is 0. The Hall–Kier alpha value is -2.11. The highest BCUT2D eigenvalue weighted by molar-refractivity contribution is 5.59. The van der Waals surface area contributed by atoms with Crippen LogP contribution < -0.4 is 5.73 Å². The van der Waals surface area contributed by atoms with Crippen LogP contribution in [-0.2, 0) is 19.0 Å². The Bertz CT molecular complexity index is 663. The highest BCUT2D eigenvalue weighted by atomic mass is 19.4. The molecule has 0 atom stereocenters. The van der Waals surface area contributed by atoms with E-state index in [4.69, 9.17) is 5.73 Å². The lowest BCUT2D eigenvalue weighted by molar-refractivity contribution is -0.137. The number of alkyl halides is 3. The molecule has 1 heterocycles. The molecule has 0 fully saturated rings. The first-order valence-electron chi connectivity index (χ1n) is 6.78. The van der Waals surface area contributed by atoms with Gasteiger partial charge in [-0.05, 0) is 37.8 Å². The molecule has 2 N–H and O–H groups in total. The molecule has 0 saturated heterocycles. The summed E-state index contributed by atoms with van der Waals surface area (Å²) in [5.41, 5.74) is 7.71. The topological polar surface area (TPSA) is 51.8 Å². The van der Waals surface area contributed by atoms with Gasteiger partial charge >= 0.3 is 6.18 Å². The van der Waals surface area contributed by atoms with E-state index in [2.05, 4.69) is 9.97 Å². The molecular weight excluding hydrogens is 279 g/mol. The lowest BCUT2D eigenvalue weighted by Crippen LogP contribution is -2.12. The van der Waals surface area contributed by atoms with Crippen LogP contribution in [0.2, 0.25) is 0 Å². The van der Waals surface area contributed by atoms with Crippen molar-refractivity contribution in [2.45, 2.75) is 31.9 Å². The van der Waals surface area contributed by atoms with Crippen molar-refractivity contribution in [2.24, 2.45) is 0 Å². The quantitative estimate of drug-likeness (QED) is 0.873. The molecule has 1 aliphatic carbocycles. The monoisotopic (exact) mass is 293 g/mol. The van der Waals surface area contributed by atoms with E-state index in [1.54, 1.807) is 0 Å². The smallest absolute Gasteiger partial charge is 0.383 e. The minimum atomic E-state index is -4.34. The first-order valence-corrected chi connectivity index (χ1v) is 6.78. The van der Waals surface area contributed by atoms with E-state index in [-0.39, 0.29) is 0 Å². The third-order valence-corrected chi connectivity index (χ3v) is 3.69. The molecule has 6 heteroatoms. The van der Waals surface area contributed by atoms with Gasteiger partial charge in [-0.3, -0.25) is 0 Å². The first-order chi connectivity index (χ1) is 9.95. The zero-order valence-corrected chi connectivity index (χ0v) is 11.2. The van der Waals surface area contributed by atoms with Gasteiger partial charge in [0.15, 0.2) is 5.82 Å². The second kappa shape index (κ2) is 5.02. The molecule has 0 spiro atoms. The number of hydrogen-bond donors (Lipinski definition) is 1. The largest absolute Gasteiger partial charge is 0.416 e. The van der Waals surface area contributed by atoms with Gasteiger partial charge in [0.1, 0.15) is 5.82 Å². The van der Waals surface area contributed by atoms with Crippen LogP contribution in [0.1, 0.15) is 29.7 Å². The van der Waals surface area contributed by atoms with E-state index in [1.165, 1.54) is 12.1 Å². The van der Waals surface area contributed by atoms with Gasteiger partial charge in [-0.2, -0.15) is 13.2 Å². The van der Waals surface area contributed by atoms with Gasteiger partial charge < -0.3 is 5.73 Å². The van der Waals surface area contributed by atoms with E-state index >= 15 is 0 Å². The van der Waals surface area contributed by atoms with E-state index < -0.39 is 11.7 Å². The van der Waals surface area contributed by atoms with E-state index in [1.807, 2.05) is 0 Å². The predicted molar refractivity (Wildman–Crippen MR) is 73.5 cm³/mol. The number of rotatable bonds is 1. The second-order valence-electron chi connectivity index (χ2n) is 5.14. The first kappa shape index (κ1) is 13.9. The zero-order valence-electron chi connectivity index (χ0n) is 11.2. The number of hydrogen-bond acceptors (Lipinski definition) is 3. The van der Waals surface area contributed by atoms with E-state index in [0.29, 0.717) is 17.2 Å². The summed E-state index contributed by atoms with van der Waals surface area (Å²) in [7, 11) is 0. The van der Waals surface area contributed by atoms with Crippen molar-refractivity contribution in [1.82, 2.24) is 9.97 Å². The lowest BCUT2D eigenvalue weighted by atomic mass is 9.96. The summed E-state index contributed by atoms with van der Waals surface area (Å²) in [4.78, 5) is 8.70. The van der Waals surface area contributed by atoms with Gasteiger partial charge in [0, 0.05) is 16.8 Å². The number of halogens is 3. The van der Waals surface area contributed by atoms with E-state index in [0.717, 1.165) is 49.1 Å². The fourth-order valence-electron chi connectivity index (χ4n) is 2.56. The highest BCUT2D eigenvalue weighted by Gasteiger charge is 2.30. The van der Waals surface area contributed by atoms with Crippen LogP contribution in [0.3, 0.4) is 0 Å². The third-order valence-electron chi connectivity index (χ3n) is 3.69. The number of fused-ring (bicyclic) bond motifs is 1. The molecule has 2 aromatic rings. The summed E-state index contributed by atoms with van der Waals surface area (Å²) in [5, 5.41) is 0. The average Bonchev–Trinajstić information content (AvgIpc) is 2.46. The minimum Gasteiger partial charge on any atom is -0.383 e. The average molecular weight is 293 g/mol. The van der Waals surface area contributed by atoms with Crippen LogP contribution >= 0.6 is 0 Å². The number of nitrogens with zero attached hydrogens (tertiary/aromatic N) is 2. The highest BCUT2D eigenvalue weighted by Crippen LogP contribution is 2.31. The molecule has 1 aromatic heterocycles. The number of anilines is 1. The summed E-state index contributed by atoms with van der Waals surface area (Å²) in [5.74, 6) is 0.830. The molecule has 3 nitrogen and oxygen atoms in total. The molecule has 21 heavy (non-hydrogen) atoms. The van der Waals surface area contributed by atoms with Crippen LogP contribution in [-0.4, -0.2) is 9.97 Å². The Labute approximate surface area is 120 Å². The van der Waals surface area contributed by atoms with Gasteiger partial charge in [-0.15, -0.1) is 0 Å². The summed E-state index contributed by atoms with van der Waals surface area (Å²) in [6, 6.07) is 4.84. The van der Waals surface area contributed by atoms with Crippen LogP contribution in [0.5, 0.6) is 0 Å². The molecule has 0 aliphatic heterocycles. The molecule has 0 unspecified atom stereocenters. The number of aryl methyl sites for hydroxylation is 1. The Morgan fingerprint density at radius 2 is 1.62 bits per heavy atom. The van der Waals surface area contributed by atoms with Crippen molar-refractivity contribution in [1.29, 1.82) is 0 Å². The number of benzene rings is 1. The van der Waals surface area contributed by atoms with Crippen molar-refractivity contribution in [3.05, 3.63) is 41.1 Å². The summed E-state index contributed by atoms with van der Waals surface area (Å²) in [6.07, 6.45) is -0.505. The van der Waals surface area contributed by atoms with Crippen LogP contribution in [0, 0.1) is 0 Å². The summed E-state index contributed by atoms with van der Waals surface area (Å²) < 4.78 is 37.7. The predicted octanol–water partition coefficient (Wildman–Crippen LogP) is 3.62. The van der Waals surface area contributed by atoms with Gasteiger partial charge in [0.2, 0.25) is 0 Å². The Kier molecular flexibility index (Phi) is 3.31. The molecule has 0 amide bonds. The fourth-order valence-corrected chi connectivity index (χ4v) is 2.56. The Balaban J connectivity index is 1.99. The normalized spacial score (nSPS) is 14.8. The van der Waals surface area contributed by atoms with Crippen molar-refractivity contribution in [3.8, 4) is 11.4 Å².